The fraction of sp³-hybridized carbons (Fsp3) is 0.600. The molecule has 182 valence electrons. The van der Waals surface area contributed by atoms with Crippen LogP contribution in [-0.2, 0) is 44.4 Å². The molecule has 1 aromatic rings. The summed E-state index contributed by atoms with van der Waals surface area (Å²) < 4.78 is 32.2. The first-order valence-corrected chi connectivity index (χ1v) is 11.6. The molecule has 0 radical (unpaired) electrons. The third-order valence-electron chi connectivity index (χ3n) is 3.74. The van der Waals surface area contributed by atoms with Crippen LogP contribution in [0.1, 0.15) is 51.6 Å². The molecular weight excluding hydrogens is 445 g/mol. The number of hydrogen-bond acceptors (Lipinski definition) is 10. The molecule has 2 atom stereocenters. The Morgan fingerprint density at radius 1 is 1.06 bits per heavy atom. The number of esters is 1. The summed E-state index contributed by atoms with van der Waals surface area (Å²) in [7, 11) is -3.00. The van der Waals surface area contributed by atoms with Crippen LogP contribution in [0.5, 0.6) is 0 Å². The van der Waals surface area contributed by atoms with Crippen molar-refractivity contribution >= 4 is 19.7 Å². The molecule has 0 saturated carbocycles. The normalized spacial score (nSPS) is 13.8. The van der Waals surface area contributed by atoms with Crippen molar-refractivity contribution in [3.05, 3.63) is 35.4 Å². The molecule has 0 saturated heterocycles. The number of aliphatic hydroxyl groups is 1. The van der Waals surface area contributed by atoms with Gasteiger partial charge in [0, 0.05) is 6.42 Å². The van der Waals surface area contributed by atoms with Gasteiger partial charge in [-0.25, -0.2) is 19.4 Å². The van der Waals surface area contributed by atoms with E-state index in [2.05, 4.69) is 5.32 Å². The van der Waals surface area contributed by atoms with Gasteiger partial charge in [-0.05, 0) is 45.7 Å². The second-order valence-electron chi connectivity index (χ2n) is 7.54. The van der Waals surface area contributed by atoms with Crippen molar-refractivity contribution in [3.8, 4) is 0 Å². The Bertz CT molecular complexity index is 766. The van der Waals surface area contributed by atoms with E-state index in [4.69, 9.17) is 28.6 Å². The number of benzene rings is 1. The number of amides is 1. The monoisotopic (exact) mass is 477 g/mol. The Labute approximate surface area is 187 Å². The van der Waals surface area contributed by atoms with E-state index in [-0.39, 0.29) is 25.2 Å². The summed E-state index contributed by atoms with van der Waals surface area (Å²) in [5.74, 6) is -2.34. The molecule has 0 spiro atoms. The highest BCUT2D eigenvalue weighted by Gasteiger charge is 2.39. The summed E-state index contributed by atoms with van der Waals surface area (Å²) in [6, 6.07) is 5.10. The molecule has 0 heterocycles. The number of carbonyl (C=O) groups excluding carboxylic acids is 2. The van der Waals surface area contributed by atoms with Gasteiger partial charge in [-0.15, -0.1) is 9.35 Å². The number of rotatable bonds is 12. The zero-order chi connectivity index (χ0) is 24.4. The van der Waals surface area contributed by atoms with Crippen molar-refractivity contribution in [2.24, 2.45) is 0 Å². The molecule has 0 fully saturated rings. The zero-order valence-electron chi connectivity index (χ0n) is 19.2. The maximum Gasteiger partial charge on any atom is 0.416 e. The lowest BCUT2D eigenvalue weighted by Gasteiger charge is -2.23. The van der Waals surface area contributed by atoms with Crippen molar-refractivity contribution in [1.29, 1.82) is 0 Å². The Balaban J connectivity index is 2.96. The minimum Gasteiger partial charge on any atom is -0.467 e. The maximum absolute atomic E-state index is 12.8. The first kappa shape index (κ1) is 28.0. The second-order valence-corrected chi connectivity index (χ2v) is 9.41. The van der Waals surface area contributed by atoms with Gasteiger partial charge < -0.3 is 19.9 Å². The number of ether oxygens (including phenoxy) is 2. The summed E-state index contributed by atoms with van der Waals surface area (Å²) in [4.78, 5) is 33.5. The lowest BCUT2D eigenvalue weighted by molar-refractivity contribution is -0.268. The molecule has 0 aliphatic carbocycles. The van der Waals surface area contributed by atoms with Crippen molar-refractivity contribution < 1.29 is 47.9 Å². The van der Waals surface area contributed by atoms with Gasteiger partial charge in [-0.2, -0.15) is 0 Å². The third-order valence-corrected chi connectivity index (χ3v) is 5.27. The van der Waals surface area contributed by atoms with Crippen LogP contribution in [0.15, 0.2) is 24.3 Å². The van der Waals surface area contributed by atoms with Crippen molar-refractivity contribution in [3.63, 3.8) is 0 Å². The minimum atomic E-state index is -4.20. The minimum absolute atomic E-state index is 0.0741. The summed E-state index contributed by atoms with van der Waals surface area (Å²) in [5.41, 5.74) is 0.0914. The Morgan fingerprint density at radius 3 is 2.03 bits per heavy atom. The standard InChI is InChI=1S/C20H32NO10P/c1-7-27-30-32(25,31-28-8-2)18(23)15-11-9-14(10-12-15)13-16(17(22)26-6)21-19(24)29-20(3,4)5/h9-12,16,18,23H,7-8,13H2,1-6H3,(H,21,24). The molecule has 0 aliphatic rings. The average Bonchev–Trinajstić information content (AvgIpc) is 2.74. The number of alkyl carbamates (subject to hydrolysis) is 1. The highest BCUT2D eigenvalue weighted by atomic mass is 31.2. The van der Waals surface area contributed by atoms with Gasteiger partial charge in [-0.1, -0.05) is 24.3 Å². The molecule has 1 aromatic carbocycles. The number of methoxy groups -OCH3 is 1. The Morgan fingerprint density at radius 2 is 1.59 bits per heavy atom. The molecule has 0 bridgehead atoms. The third kappa shape index (κ3) is 9.23. The molecule has 32 heavy (non-hydrogen) atoms. The van der Waals surface area contributed by atoms with E-state index in [0.29, 0.717) is 5.56 Å². The van der Waals surface area contributed by atoms with E-state index >= 15 is 0 Å². The van der Waals surface area contributed by atoms with Gasteiger partial charge in [-0.3, -0.25) is 4.57 Å². The van der Waals surface area contributed by atoms with E-state index in [9.17, 15) is 19.3 Å². The Hall–Kier alpha value is -2.01. The van der Waals surface area contributed by atoms with Crippen LogP contribution in [-0.4, -0.2) is 49.1 Å². The zero-order valence-corrected chi connectivity index (χ0v) is 20.0. The van der Waals surface area contributed by atoms with Gasteiger partial charge in [0.2, 0.25) is 0 Å². The largest absolute Gasteiger partial charge is 0.467 e. The second kappa shape index (κ2) is 12.9. The lowest BCUT2D eigenvalue weighted by Crippen LogP contribution is -2.45. The van der Waals surface area contributed by atoms with Crippen LogP contribution in [0.25, 0.3) is 0 Å². The fourth-order valence-corrected chi connectivity index (χ4v) is 3.61. The van der Waals surface area contributed by atoms with E-state index in [1.54, 1.807) is 46.8 Å². The Kier molecular flexibility index (Phi) is 11.3. The lowest BCUT2D eigenvalue weighted by atomic mass is 10.0. The predicted octanol–water partition coefficient (Wildman–Crippen LogP) is 3.42. The quantitative estimate of drug-likeness (QED) is 0.199. The van der Waals surface area contributed by atoms with Crippen LogP contribution in [0.2, 0.25) is 0 Å². The van der Waals surface area contributed by atoms with Gasteiger partial charge in [0.25, 0.3) is 0 Å². The number of nitrogens with one attached hydrogen (secondary N) is 1. The van der Waals surface area contributed by atoms with E-state index in [0.717, 1.165) is 0 Å². The summed E-state index contributed by atoms with van der Waals surface area (Å²) in [6.07, 6.45) is -0.674. The topological polar surface area (TPSA) is 139 Å². The average molecular weight is 477 g/mol. The molecule has 2 N–H and O–H groups in total. The summed E-state index contributed by atoms with van der Waals surface area (Å²) >= 11 is 0. The number of carbonyl (C=O) groups is 2. The molecule has 1 amide bonds. The van der Waals surface area contributed by atoms with Crippen molar-refractivity contribution in [1.82, 2.24) is 5.32 Å². The van der Waals surface area contributed by atoms with Crippen LogP contribution in [0.4, 0.5) is 4.79 Å². The van der Waals surface area contributed by atoms with Crippen LogP contribution < -0.4 is 5.32 Å². The molecule has 12 heteroatoms. The summed E-state index contributed by atoms with van der Waals surface area (Å²) in [5, 5.41) is 13.0. The first-order chi connectivity index (χ1) is 15.0. The smallest absolute Gasteiger partial charge is 0.416 e. The highest BCUT2D eigenvalue weighted by Crippen LogP contribution is 2.60. The summed E-state index contributed by atoms with van der Waals surface area (Å²) in [6.45, 7) is 8.47. The van der Waals surface area contributed by atoms with Gasteiger partial charge in [0.1, 0.15) is 11.6 Å². The van der Waals surface area contributed by atoms with Gasteiger partial charge in [0.15, 0.2) is 5.85 Å². The first-order valence-electron chi connectivity index (χ1n) is 10.0. The maximum atomic E-state index is 12.8. The molecule has 11 nitrogen and oxygen atoms in total. The molecule has 2 unspecified atom stereocenters. The van der Waals surface area contributed by atoms with Crippen LogP contribution in [0.3, 0.4) is 0 Å². The number of aliphatic hydroxyl groups excluding tert-OH is 1. The molecular formula is C20H32NO10P. The molecule has 0 aliphatic heterocycles. The van der Waals surface area contributed by atoms with E-state index < -0.39 is 37.1 Å². The van der Waals surface area contributed by atoms with E-state index in [1.165, 1.54) is 19.2 Å². The van der Waals surface area contributed by atoms with Gasteiger partial charge in [0.05, 0.1) is 20.3 Å². The predicted molar refractivity (Wildman–Crippen MR) is 113 cm³/mol. The van der Waals surface area contributed by atoms with Gasteiger partial charge >= 0.3 is 19.7 Å². The van der Waals surface area contributed by atoms with E-state index in [1.807, 2.05) is 0 Å². The SMILES string of the molecule is CCOOP(=O)(OOCC)C(O)c1ccc(CC(NC(=O)OC(C)(C)C)C(=O)OC)cc1. The highest BCUT2D eigenvalue weighted by molar-refractivity contribution is 7.53. The van der Waals surface area contributed by atoms with Crippen molar-refractivity contribution in [2.75, 3.05) is 20.3 Å². The fourth-order valence-electron chi connectivity index (χ4n) is 2.38. The molecule has 0 aromatic heterocycles. The molecule has 1 rings (SSSR count). The number of hydrogen-bond donors (Lipinski definition) is 2. The van der Waals surface area contributed by atoms with Crippen molar-refractivity contribution in [2.45, 2.75) is 58.5 Å². The van der Waals surface area contributed by atoms with Crippen LogP contribution >= 0.6 is 7.60 Å². The van der Waals surface area contributed by atoms with Crippen LogP contribution in [0, 0.1) is 0 Å².